The topological polar surface area (TPSA) is 54.0 Å². The zero-order valence-corrected chi connectivity index (χ0v) is 12.3. The van der Waals surface area contributed by atoms with Crippen molar-refractivity contribution >= 4 is 33.3 Å². The molecule has 0 atom stereocenters. The minimum atomic E-state index is -0.178. The van der Waals surface area contributed by atoms with Crippen LogP contribution in [0.4, 0.5) is 11.5 Å². The molecule has 2 aromatic rings. The molecule has 1 heterocycles. The maximum atomic E-state index is 12.2. The first-order chi connectivity index (χ1) is 9.11. The van der Waals surface area contributed by atoms with Crippen LogP contribution in [-0.2, 0) is 0 Å². The van der Waals surface area contributed by atoms with Crippen LogP contribution in [0, 0.1) is 6.92 Å². The van der Waals surface area contributed by atoms with E-state index in [0.29, 0.717) is 11.4 Å². The van der Waals surface area contributed by atoms with Crippen molar-refractivity contribution in [1.82, 2.24) is 4.98 Å². The molecular weight excluding hydrogens is 306 g/mol. The molecule has 1 amide bonds. The highest BCUT2D eigenvalue weighted by molar-refractivity contribution is 9.10. The minimum absolute atomic E-state index is 0.178. The molecule has 0 fully saturated rings. The van der Waals surface area contributed by atoms with E-state index in [0.717, 1.165) is 15.7 Å². The number of nitrogens with zero attached hydrogens (tertiary/aromatic N) is 1. The lowest BCUT2D eigenvalue weighted by Gasteiger charge is -2.11. The monoisotopic (exact) mass is 319 g/mol. The number of aromatic nitrogens is 1. The van der Waals surface area contributed by atoms with Gasteiger partial charge in [0.2, 0.25) is 0 Å². The number of anilines is 2. The summed E-state index contributed by atoms with van der Waals surface area (Å²) in [4.78, 5) is 16.3. The fraction of sp³-hybridized carbons (Fsp3) is 0.143. The molecule has 2 rings (SSSR count). The second-order valence-electron chi connectivity index (χ2n) is 4.06. The first-order valence-electron chi connectivity index (χ1n) is 5.82. The summed E-state index contributed by atoms with van der Waals surface area (Å²) >= 11 is 3.40. The van der Waals surface area contributed by atoms with Gasteiger partial charge < -0.3 is 10.6 Å². The van der Waals surface area contributed by atoms with E-state index in [-0.39, 0.29) is 5.91 Å². The van der Waals surface area contributed by atoms with E-state index >= 15 is 0 Å². The van der Waals surface area contributed by atoms with Crippen molar-refractivity contribution in [2.24, 2.45) is 0 Å². The number of hydrogen-bond acceptors (Lipinski definition) is 3. The Labute approximate surface area is 120 Å². The highest BCUT2D eigenvalue weighted by atomic mass is 79.9. The van der Waals surface area contributed by atoms with Crippen LogP contribution in [0.1, 0.15) is 15.9 Å². The standard InChI is InChI=1S/C14H14BrN3O/c1-9-8-10(15)5-6-12(9)18-14(19)11-4-3-7-17-13(11)16-2/h3-8H,1-2H3,(H,16,17)(H,18,19). The summed E-state index contributed by atoms with van der Waals surface area (Å²) in [5.74, 6) is 0.387. The number of carbonyl (C=O) groups excluding carboxylic acids is 1. The quantitative estimate of drug-likeness (QED) is 0.911. The molecule has 0 spiro atoms. The second-order valence-corrected chi connectivity index (χ2v) is 4.98. The Morgan fingerprint density at radius 1 is 1.32 bits per heavy atom. The molecule has 0 bridgehead atoms. The van der Waals surface area contributed by atoms with Gasteiger partial charge in [-0.25, -0.2) is 4.98 Å². The average molecular weight is 320 g/mol. The second kappa shape index (κ2) is 5.84. The van der Waals surface area contributed by atoms with Gasteiger partial charge in [-0.1, -0.05) is 15.9 Å². The van der Waals surface area contributed by atoms with E-state index in [1.54, 1.807) is 25.4 Å². The molecule has 5 heteroatoms. The van der Waals surface area contributed by atoms with Crippen LogP contribution >= 0.6 is 15.9 Å². The van der Waals surface area contributed by atoms with Gasteiger partial charge in [-0.05, 0) is 42.8 Å². The molecule has 4 nitrogen and oxygen atoms in total. The molecule has 1 aromatic heterocycles. The number of nitrogens with one attached hydrogen (secondary N) is 2. The van der Waals surface area contributed by atoms with Crippen LogP contribution in [0.25, 0.3) is 0 Å². The Morgan fingerprint density at radius 3 is 2.79 bits per heavy atom. The van der Waals surface area contributed by atoms with Crippen molar-refractivity contribution in [3.05, 3.63) is 52.1 Å². The van der Waals surface area contributed by atoms with E-state index in [9.17, 15) is 4.79 Å². The SMILES string of the molecule is CNc1ncccc1C(=O)Nc1ccc(Br)cc1C. The average Bonchev–Trinajstić information content (AvgIpc) is 2.41. The van der Waals surface area contributed by atoms with E-state index in [4.69, 9.17) is 0 Å². The highest BCUT2D eigenvalue weighted by Gasteiger charge is 2.12. The van der Waals surface area contributed by atoms with E-state index < -0.39 is 0 Å². The van der Waals surface area contributed by atoms with Gasteiger partial charge in [-0.2, -0.15) is 0 Å². The largest absolute Gasteiger partial charge is 0.372 e. The molecule has 0 aliphatic heterocycles. The van der Waals surface area contributed by atoms with Crippen LogP contribution in [0.5, 0.6) is 0 Å². The maximum Gasteiger partial charge on any atom is 0.259 e. The molecule has 0 radical (unpaired) electrons. The smallest absolute Gasteiger partial charge is 0.259 e. The van der Waals surface area contributed by atoms with Crippen LogP contribution in [0.15, 0.2) is 41.0 Å². The molecule has 1 aromatic carbocycles. The fourth-order valence-corrected chi connectivity index (χ4v) is 2.22. The molecular formula is C14H14BrN3O. The van der Waals surface area contributed by atoms with Gasteiger partial charge in [0.1, 0.15) is 5.82 Å². The molecule has 0 saturated heterocycles. The number of carbonyl (C=O) groups is 1. The molecule has 0 aliphatic carbocycles. The summed E-state index contributed by atoms with van der Waals surface area (Å²) in [6.07, 6.45) is 1.65. The number of halogens is 1. The Balaban J connectivity index is 2.26. The van der Waals surface area contributed by atoms with Crippen molar-refractivity contribution < 1.29 is 4.79 Å². The van der Waals surface area contributed by atoms with E-state index in [1.807, 2.05) is 25.1 Å². The van der Waals surface area contributed by atoms with Gasteiger partial charge in [0.05, 0.1) is 5.56 Å². The highest BCUT2D eigenvalue weighted by Crippen LogP contribution is 2.21. The zero-order chi connectivity index (χ0) is 13.8. The van der Waals surface area contributed by atoms with Crippen molar-refractivity contribution in [1.29, 1.82) is 0 Å². The lowest BCUT2D eigenvalue weighted by atomic mass is 10.2. The lowest BCUT2D eigenvalue weighted by molar-refractivity contribution is 0.102. The number of pyridine rings is 1. The lowest BCUT2D eigenvalue weighted by Crippen LogP contribution is -2.15. The Morgan fingerprint density at radius 2 is 2.11 bits per heavy atom. The first kappa shape index (κ1) is 13.5. The minimum Gasteiger partial charge on any atom is -0.372 e. The van der Waals surface area contributed by atoms with Crippen molar-refractivity contribution in [3.63, 3.8) is 0 Å². The molecule has 19 heavy (non-hydrogen) atoms. The predicted molar refractivity (Wildman–Crippen MR) is 80.6 cm³/mol. The summed E-state index contributed by atoms with van der Waals surface area (Å²) in [6.45, 7) is 1.95. The van der Waals surface area contributed by atoms with Gasteiger partial charge in [0, 0.05) is 23.4 Å². The molecule has 0 saturated carbocycles. The van der Waals surface area contributed by atoms with Crippen LogP contribution in [-0.4, -0.2) is 17.9 Å². The van der Waals surface area contributed by atoms with Crippen LogP contribution in [0.2, 0.25) is 0 Å². The normalized spacial score (nSPS) is 10.1. The van der Waals surface area contributed by atoms with Crippen LogP contribution < -0.4 is 10.6 Å². The number of amides is 1. The predicted octanol–water partition coefficient (Wildman–Crippen LogP) is 3.45. The Hall–Kier alpha value is -1.88. The third-order valence-corrected chi connectivity index (χ3v) is 3.22. The summed E-state index contributed by atoms with van der Waals surface area (Å²) in [6, 6.07) is 9.20. The summed E-state index contributed by atoms with van der Waals surface area (Å²) < 4.78 is 0.986. The van der Waals surface area contributed by atoms with Gasteiger partial charge in [0.15, 0.2) is 0 Å². The van der Waals surface area contributed by atoms with Gasteiger partial charge in [0.25, 0.3) is 5.91 Å². The Kier molecular flexibility index (Phi) is 4.16. The van der Waals surface area contributed by atoms with E-state index in [2.05, 4.69) is 31.5 Å². The van der Waals surface area contributed by atoms with Crippen LogP contribution in [0.3, 0.4) is 0 Å². The summed E-state index contributed by atoms with van der Waals surface area (Å²) in [5.41, 5.74) is 2.31. The Bertz CT molecular complexity index is 613. The molecule has 0 unspecified atom stereocenters. The van der Waals surface area contributed by atoms with E-state index in [1.165, 1.54) is 0 Å². The van der Waals surface area contributed by atoms with Crippen molar-refractivity contribution in [3.8, 4) is 0 Å². The molecule has 98 valence electrons. The summed E-state index contributed by atoms with van der Waals surface area (Å²) in [5, 5.41) is 5.80. The van der Waals surface area contributed by atoms with Gasteiger partial charge >= 0.3 is 0 Å². The zero-order valence-electron chi connectivity index (χ0n) is 10.7. The number of hydrogen-bond donors (Lipinski definition) is 2. The van der Waals surface area contributed by atoms with Crippen molar-refractivity contribution in [2.45, 2.75) is 6.92 Å². The van der Waals surface area contributed by atoms with Gasteiger partial charge in [-0.3, -0.25) is 4.79 Å². The first-order valence-corrected chi connectivity index (χ1v) is 6.61. The number of benzene rings is 1. The molecule has 0 aliphatic rings. The van der Waals surface area contributed by atoms with Crippen molar-refractivity contribution in [2.75, 3.05) is 17.7 Å². The fourth-order valence-electron chi connectivity index (χ4n) is 1.74. The third kappa shape index (κ3) is 3.12. The summed E-state index contributed by atoms with van der Waals surface area (Å²) in [7, 11) is 1.74. The number of rotatable bonds is 3. The molecule has 2 N–H and O–H groups in total. The number of aryl methyl sites for hydroxylation is 1. The van der Waals surface area contributed by atoms with Gasteiger partial charge in [-0.15, -0.1) is 0 Å². The maximum absolute atomic E-state index is 12.2. The third-order valence-electron chi connectivity index (χ3n) is 2.73.